The number of aromatic nitrogens is 6. The fourth-order valence-electron chi connectivity index (χ4n) is 11.9. The third kappa shape index (κ3) is 6.46. The summed E-state index contributed by atoms with van der Waals surface area (Å²) in [6.07, 6.45) is 0. The molecule has 7 heteroatoms. The van der Waals surface area contributed by atoms with Crippen molar-refractivity contribution >= 4 is 87.4 Å². The van der Waals surface area contributed by atoms with Crippen LogP contribution in [0.1, 0.15) is 0 Å². The van der Waals surface area contributed by atoms with Crippen LogP contribution in [0.3, 0.4) is 0 Å². The first-order valence-corrected chi connectivity index (χ1v) is 25.7. The highest BCUT2D eigenvalue weighted by Gasteiger charge is 2.22. The van der Waals surface area contributed by atoms with E-state index in [-0.39, 0.29) is 0 Å². The molecule has 76 heavy (non-hydrogen) atoms. The van der Waals surface area contributed by atoms with Crippen molar-refractivity contribution in [1.29, 1.82) is 0 Å². The van der Waals surface area contributed by atoms with Gasteiger partial charge in [0, 0.05) is 76.8 Å². The normalized spacial score (nSPS) is 11.9. The maximum absolute atomic E-state index is 6.70. The Morgan fingerprint density at radius 2 is 0.658 bits per heavy atom. The molecule has 0 aliphatic heterocycles. The number of furan rings is 1. The lowest BCUT2D eigenvalue weighted by atomic mass is 9.99. The second-order valence-electron chi connectivity index (χ2n) is 19.6. The number of fused-ring (bicyclic) bond motifs is 12. The Bertz CT molecular complexity index is 4810. The summed E-state index contributed by atoms with van der Waals surface area (Å²) in [7, 11) is 0. The summed E-state index contributed by atoms with van der Waals surface area (Å²) >= 11 is 0. The summed E-state index contributed by atoms with van der Waals surface area (Å²) in [5, 5.41) is 9.02. The van der Waals surface area contributed by atoms with Gasteiger partial charge in [-0.1, -0.05) is 158 Å². The summed E-state index contributed by atoms with van der Waals surface area (Å²) in [5.41, 5.74) is 16.4. The molecule has 16 aromatic rings. The molecule has 0 saturated heterocycles. The molecule has 0 spiro atoms. The molecular weight excluding hydrogens is 929 g/mol. The summed E-state index contributed by atoms with van der Waals surface area (Å²) in [6.45, 7) is 0. The highest BCUT2D eigenvalue weighted by atomic mass is 16.3. The average molecular weight is 971 g/mol. The summed E-state index contributed by atoms with van der Waals surface area (Å²) < 4.78 is 13.7. The van der Waals surface area contributed by atoms with Crippen molar-refractivity contribution < 1.29 is 4.42 Å². The summed E-state index contributed by atoms with van der Waals surface area (Å²) in [6, 6.07) is 90.3. The Morgan fingerprint density at radius 1 is 0.250 bits per heavy atom. The molecule has 0 fully saturated rings. The Kier molecular flexibility index (Phi) is 9.20. The smallest absolute Gasteiger partial charge is 0.164 e. The third-order valence-electron chi connectivity index (χ3n) is 15.3. The predicted octanol–water partition coefficient (Wildman–Crippen LogP) is 17.7. The van der Waals surface area contributed by atoms with E-state index in [1.165, 1.54) is 27.1 Å². The van der Waals surface area contributed by atoms with E-state index in [0.717, 1.165) is 105 Å². The van der Waals surface area contributed by atoms with Crippen molar-refractivity contribution in [2.75, 3.05) is 0 Å². The third-order valence-corrected chi connectivity index (χ3v) is 15.3. The number of nitrogens with zero attached hydrogens (tertiary/aromatic N) is 6. The van der Waals surface area contributed by atoms with E-state index in [1.54, 1.807) is 0 Å². The minimum Gasteiger partial charge on any atom is -0.456 e. The number of rotatable bonds is 7. The summed E-state index contributed by atoms with van der Waals surface area (Å²) in [4.78, 5) is 16.3. The SMILES string of the molecule is c1ccc(-n2c3ccccc3c3cc(-c4ccc5oc6cccc(-c7nc(-c8ccc9c%10ccccc%10n(-c%10ccccc%10)c9c8)nc(-c8ccc9c%10ccccc%10n(-c%10ccccc%10)c9c8)n7)c6c5c4)ccc32)cc1. The standard InChI is InChI=1S/C69H42N6O/c1-4-17-47(18-5-1)73-60-29-15-12-25-52(60)56-39-43(33-37-61(56)73)44-34-38-64-57(40-44)66-55(26-16-30-65(66)76-64)69-71-67(45-31-35-53-50-23-10-13-27-58(50)74(62(53)41-45)48-19-6-2-7-20-48)70-68(72-69)46-32-36-54-51-24-11-14-28-59(51)75(63(54)42-46)49-21-8-3-9-22-49/h1-42H. The van der Waals surface area contributed by atoms with E-state index in [4.69, 9.17) is 19.4 Å². The molecular formula is C69H42N6O. The molecule has 5 aromatic heterocycles. The van der Waals surface area contributed by atoms with E-state index in [2.05, 4.69) is 256 Å². The molecule has 0 aliphatic carbocycles. The van der Waals surface area contributed by atoms with Gasteiger partial charge < -0.3 is 18.1 Å². The first kappa shape index (κ1) is 42.2. The van der Waals surface area contributed by atoms with Crippen LogP contribution < -0.4 is 0 Å². The second kappa shape index (κ2) is 16.6. The van der Waals surface area contributed by atoms with E-state index in [0.29, 0.717) is 17.5 Å². The molecule has 0 atom stereocenters. The zero-order valence-electron chi connectivity index (χ0n) is 40.8. The first-order chi connectivity index (χ1) is 37.7. The molecule has 0 amide bonds. The van der Waals surface area contributed by atoms with Gasteiger partial charge in [0.1, 0.15) is 11.2 Å². The van der Waals surface area contributed by atoms with Crippen LogP contribution in [0.15, 0.2) is 259 Å². The van der Waals surface area contributed by atoms with Gasteiger partial charge in [-0.05, 0) is 108 Å². The molecule has 0 radical (unpaired) electrons. The molecule has 0 unspecified atom stereocenters. The van der Waals surface area contributed by atoms with Crippen LogP contribution in [0.25, 0.3) is 150 Å². The maximum Gasteiger partial charge on any atom is 0.164 e. The van der Waals surface area contributed by atoms with Gasteiger partial charge in [-0.25, -0.2) is 15.0 Å². The number of hydrogen-bond acceptors (Lipinski definition) is 4. The van der Waals surface area contributed by atoms with Crippen LogP contribution in [0.2, 0.25) is 0 Å². The first-order valence-electron chi connectivity index (χ1n) is 25.7. The van der Waals surface area contributed by atoms with E-state index < -0.39 is 0 Å². The topological polar surface area (TPSA) is 66.6 Å². The maximum atomic E-state index is 6.70. The number of para-hydroxylation sites is 6. The van der Waals surface area contributed by atoms with Gasteiger partial charge in [0.15, 0.2) is 17.5 Å². The monoisotopic (exact) mass is 970 g/mol. The van der Waals surface area contributed by atoms with Gasteiger partial charge in [0.05, 0.1) is 33.1 Å². The van der Waals surface area contributed by atoms with Crippen LogP contribution in [0, 0.1) is 0 Å². The molecule has 354 valence electrons. The van der Waals surface area contributed by atoms with E-state index in [1.807, 2.05) is 12.1 Å². The number of hydrogen-bond donors (Lipinski definition) is 0. The Labute approximate surface area is 435 Å². The van der Waals surface area contributed by atoms with Crippen molar-refractivity contribution in [2.24, 2.45) is 0 Å². The van der Waals surface area contributed by atoms with Crippen LogP contribution in [-0.2, 0) is 0 Å². The van der Waals surface area contributed by atoms with Gasteiger partial charge in [0.25, 0.3) is 0 Å². The predicted molar refractivity (Wildman–Crippen MR) is 312 cm³/mol. The summed E-state index contributed by atoms with van der Waals surface area (Å²) in [5.74, 6) is 1.70. The van der Waals surface area contributed by atoms with Crippen molar-refractivity contribution in [3.8, 4) is 62.4 Å². The molecule has 0 bridgehead atoms. The molecule has 11 aromatic carbocycles. The second-order valence-corrected chi connectivity index (χ2v) is 19.6. The van der Waals surface area contributed by atoms with E-state index >= 15 is 0 Å². The van der Waals surface area contributed by atoms with Gasteiger partial charge in [-0.3, -0.25) is 0 Å². The molecule has 16 rings (SSSR count). The lowest BCUT2D eigenvalue weighted by molar-refractivity contribution is 0.669. The minimum absolute atomic E-state index is 0.557. The number of benzene rings is 11. The van der Waals surface area contributed by atoms with Crippen LogP contribution in [0.5, 0.6) is 0 Å². The Morgan fingerprint density at radius 3 is 1.20 bits per heavy atom. The van der Waals surface area contributed by atoms with Crippen molar-refractivity contribution in [1.82, 2.24) is 28.7 Å². The molecule has 0 saturated carbocycles. The largest absolute Gasteiger partial charge is 0.456 e. The van der Waals surface area contributed by atoms with Crippen LogP contribution >= 0.6 is 0 Å². The zero-order chi connectivity index (χ0) is 49.8. The van der Waals surface area contributed by atoms with E-state index in [9.17, 15) is 0 Å². The van der Waals surface area contributed by atoms with Gasteiger partial charge in [0.2, 0.25) is 0 Å². The Balaban J connectivity index is 0.912. The lowest BCUT2D eigenvalue weighted by Crippen LogP contribution is -2.01. The zero-order valence-corrected chi connectivity index (χ0v) is 40.8. The molecule has 0 aliphatic rings. The van der Waals surface area contributed by atoms with Crippen LogP contribution in [0.4, 0.5) is 0 Å². The van der Waals surface area contributed by atoms with Crippen molar-refractivity contribution in [2.45, 2.75) is 0 Å². The molecule has 5 heterocycles. The fraction of sp³-hybridized carbons (Fsp3) is 0. The highest BCUT2D eigenvalue weighted by molar-refractivity contribution is 6.15. The minimum atomic E-state index is 0.557. The average Bonchev–Trinajstić information content (AvgIpc) is 4.25. The Hall–Kier alpha value is -10.4. The van der Waals surface area contributed by atoms with Crippen LogP contribution in [-0.4, -0.2) is 28.7 Å². The van der Waals surface area contributed by atoms with Gasteiger partial charge in [-0.15, -0.1) is 0 Å². The lowest BCUT2D eigenvalue weighted by Gasteiger charge is -2.12. The van der Waals surface area contributed by atoms with Crippen molar-refractivity contribution in [3.05, 3.63) is 255 Å². The highest BCUT2D eigenvalue weighted by Crippen LogP contribution is 2.42. The fourth-order valence-corrected chi connectivity index (χ4v) is 11.9. The molecule has 7 nitrogen and oxygen atoms in total. The van der Waals surface area contributed by atoms with Gasteiger partial charge in [-0.2, -0.15) is 0 Å². The van der Waals surface area contributed by atoms with Crippen molar-refractivity contribution in [3.63, 3.8) is 0 Å². The van der Waals surface area contributed by atoms with Gasteiger partial charge >= 0.3 is 0 Å². The molecule has 0 N–H and O–H groups in total. The quantitative estimate of drug-likeness (QED) is 0.160.